The lowest BCUT2D eigenvalue weighted by Gasteiger charge is -2.15. The molecule has 0 saturated carbocycles. The predicted octanol–water partition coefficient (Wildman–Crippen LogP) is 4.45. The van der Waals surface area contributed by atoms with Crippen LogP contribution in [0.3, 0.4) is 0 Å². The molecule has 3 rings (SSSR count). The van der Waals surface area contributed by atoms with E-state index in [0.29, 0.717) is 5.88 Å². The van der Waals surface area contributed by atoms with Crippen LogP contribution in [-0.2, 0) is 12.8 Å². The number of alkyl halides is 1. The summed E-state index contributed by atoms with van der Waals surface area (Å²) in [5.41, 5.74) is 2.18. The van der Waals surface area contributed by atoms with E-state index in [2.05, 4.69) is 41.6 Å². The summed E-state index contributed by atoms with van der Waals surface area (Å²) in [5, 5.41) is 1.13. The molecule has 0 aliphatic carbocycles. The molecule has 2 aromatic heterocycles. The summed E-state index contributed by atoms with van der Waals surface area (Å²) in [5.74, 6) is 1.61. The fraction of sp³-hybridized carbons (Fsp3) is 0.375. The smallest absolute Gasteiger partial charge is 0.115 e. The zero-order valence-electron chi connectivity index (χ0n) is 12.2. The van der Waals surface area contributed by atoms with Crippen LogP contribution in [0.4, 0.5) is 0 Å². The maximum absolute atomic E-state index is 5.95. The Labute approximate surface area is 133 Å². The van der Waals surface area contributed by atoms with Gasteiger partial charge in [0.1, 0.15) is 10.8 Å². The fourth-order valence-electron chi connectivity index (χ4n) is 2.58. The summed E-state index contributed by atoms with van der Waals surface area (Å²) < 4.78 is 2.27. The molecule has 3 nitrogen and oxygen atoms in total. The number of imidazole rings is 1. The summed E-state index contributed by atoms with van der Waals surface area (Å²) >= 11 is 7.73. The number of hydrogen-bond donors (Lipinski definition) is 0. The molecule has 0 spiro atoms. The van der Waals surface area contributed by atoms with Gasteiger partial charge in [-0.1, -0.05) is 19.1 Å². The highest BCUT2D eigenvalue weighted by Gasteiger charge is 2.19. The fourth-order valence-corrected chi connectivity index (χ4v) is 3.65. The standard InChI is InChI=1S/C16H18ClN3S/c1-3-12-10-18-16(21-12)11(2)20-14-7-5-4-6-13(14)19-15(20)8-9-17/h4-7,10-11H,3,8-9H2,1-2H3. The Morgan fingerprint density at radius 3 is 2.86 bits per heavy atom. The van der Waals surface area contributed by atoms with Gasteiger partial charge in [-0.15, -0.1) is 22.9 Å². The minimum absolute atomic E-state index is 0.181. The zero-order chi connectivity index (χ0) is 14.8. The lowest BCUT2D eigenvalue weighted by molar-refractivity contribution is 0.620. The normalized spacial score (nSPS) is 12.9. The molecule has 1 aromatic carbocycles. The Kier molecular flexibility index (Phi) is 4.27. The van der Waals surface area contributed by atoms with Crippen molar-refractivity contribution in [2.24, 2.45) is 0 Å². The van der Waals surface area contributed by atoms with Gasteiger partial charge in [-0.05, 0) is 25.5 Å². The number of fused-ring (bicyclic) bond motifs is 1. The second kappa shape index (κ2) is 6.16. The van der Waals surface area contributed by atoms with E-state index in [1.54, 1.807) is 11.3 Å². The number of hydrogen-bond acceptors (Lipinski definition) is 3. The van der Waals surface area contributed by atoms with Gasteiger partial charge in [-0.25, -0.2) is 9.97 Å². The molecule has 5 heteroatoms. The van der Waals surface area contributed by atoms with Crippen LogP contribution >= 0.6 is 22.9 Å². The van der Waals surface area contributed by atoms with Crippen molar-refractivity contribution in [3.63, 3.8) is 0 Å². The zero-order valence-corrected chi connectivity index (χ0v) is 13.8. The van der Waals surface area contributed by atoms with Crippen LogP contribution in [0.2, 0.25) is 0 Å². The van der Waals surface area contributed by atoms with E-state index in [4.69, 9.17) is 16.6 Å². The lowest BCUT2D eigenvalue weighted by atomic mass is 10.2. The number of nitrogens with zero attached hydrogens (tertiary/aromatic N) is 3. The van der Waals surface area contributed by atoms with Gasteiger partial charge in [-0.3, -0.25) is 0 Å². The first-order valence-electron chi connectivity index (χ1n) is 7.21. The van der Waals surface area contributed by atoms with E-state index in [9.17, 15) is 0 Å². The van der Waals surface area contributed by atoms with Crippen LogP contribution in [0.25, 0.3) is 11.0 Å². The number of benzene rings is 1. The first-order chi connectivity index (χ1) is 10.2. The molecule has 1 atom stereocenters. The summed E-state index contributed by atoms with van der Waals surface area (Å²) in [7, 11) is 0. The van der Waals surface area contributed by atoms with E-state index in [-0.39, 0.29) is 6.04 Å². The van der Waals surface area contributed by atoms with Gasteiger partial charge < -0.3 is 4.57 Å². The van der Waals surface area contributed by atoms with Crippen molar-refractivity contribution in [3.05, 3.63) is 46.2 Å². The Morgan fingerprint density at radius 2 is 2.14 bits per heavy atom. The molecule has 0 aliphatic rings. The monoisotopic (exact) mass is 319 g/mol. The van der Waals surface area contributed by atoms with Gasteiger partial charge in [0.2, 0.25) is 0 Å². The second-order valence-corrected chi connectivity index (χ2v) is 6.54. The van der Waals surface area contributed by atoms with Gasteiger partial charge in [0.15, 0.2) is 0 Å². The molecule has 21 heavy (non-hydrogen) atoms. The largest absolute Gasteiger partial charge is 0.318 e. The average molecular weight is 320 g/mol. The third-order valence-corrected chi connectivity index (χ3v) is 5.15. The predicted molar refractivity (Wildman–Crippen MR) is 89.5 cm³/mol. The second-order valence-electron chi connectivity index (χ2n) is 5.02. The van der Waals surface area contributed by atoms with Crippen molar-refractivity contribution in [1.29, 1.82) is 0 Å². The number of aromatic nitrogens is 3. The SMILES string of the molecule is CCc1cnc(C(C)n2c(CCCl)nc3ccccc32)s1. The van der Waals surface area contributed by atoms with E-state index in [1.807, 2.05) is 12.3 Å². The molecular weight excluding hydrogens is 302 g/mol. The molecule has 0 saturated heterocycles. The van der Waals surface area contributed by atoms with E-state index in [1.165, 1.54) is 4.88 Å². The summed E-state index contributed by atoms with van der Waals surface area (Å²) in [6.07, 6.45) is 3.78. The van der Waals surface area contributed by atoms with Crippen LogP contribution in [0, 0.1) is 0 Å². The molecule has 0 aliphatic heterocycles. The molecule has 0 radical (unpaired) electrons. The molecule has 2 heterocycles. The van der Waals surface area contributed by atoms with Crippen LogP contribution in [0.15, 0.2) is 30.5 Å². The summed E-state index contributed by atoms with van der Waals surface area (Å²) in [6.45, 7) is 4.34. The first-order valence-corrected chi connectivity index (χ1v) is 8.56. The number of aryl methyl sites for hydroxylation is 2. The number of halogens is 1. The molecular formula is C16H18ClN3S. The first kappa shape index (κ1) is 14.5. The van der Waals surface area contributed by atoms with Gasteiger partial charge in [-0.2, -0.15) is 0 Å². The topological polar surface area (TPSA) is 30.7 Å². The summed E-state index contributed by atoms with van der Waals surface area (Å²) in [6, 6.07) is 8.42. The number of para-hydroxylation sites is 2. The van der Waals surface area contributed by atoms with Crippen molar-refractivity contribution in [2.45, 2.75) is 32.7 Å². The van der Waals surface area contributed by atoms with E-state index >= 15 is 0 Å². The van der Waals surface area contributed by atoms with Gasteiger partial charge in [0.25, 0.3) is 0 Å². The molecule has 1 unspecified atom stereocenters. The van der Waals surface area contributed by atoms with Crippen molar-refractivity contribution >= 4 is 34.0 Å². The van der Waals surface area contributed by atoms with E-state index < -0.39 is 0 Å². The molecule has 0 fully saturated rings. The van der Waals surface area contributed by atoms with Crippen LogP contribution < -0.4 is 0 Å². The van der Waals surface area contributed by atoms with Crippen molar-refractivity contribution in [3.8, 4) is 0 Å². The quantitative estimate of drug-likeness (QED) is 0.651. The minimum Gasteiger partial charge on any atom is -0.318 e. The number of thiazole rings is 1. The highest BCUT2D eigenvalue weighted by atomic mass is 35.5. The maximum atomic E-state index is 5.95. The highest BCUT2D eigenvalue weighted by Crippen LogP contribution is 2.29. The maximum Gasteiger partial charge on any atom is 0.115 e. The molecule has 3 aromatic rings. The van der Waals surface area contributed by atoms with Gasteiger partial charge in [0.05, 0.1) is 17.1 Å². The van der Waals surface area contributed by atoms with Crippen molar-refractivity contribution in [1.82, 2.24) is 14.5 Å². The lowest BCUT2D eigenvalue weighted by Crippen LogP contribution is -2.11. The molecule has 110 valence electrons. The molecule has 0 bridgehead atoms. The Hall–Kier alpha value is -1.39. The number of rotatable bonds is 5. The van der Waals surface area contributed by atoms with Gasteiger partial charge in [0, 0.05) is 23.4 Å². The average Bonchev–Trinajstić information content (AvgIpc) is 3.11. The third-order valence-electron chi connectivity index (χ3n) is 3.65. The van der Waals surface area contributed by atoms with Crippen molar-refractivity contribution in [2.75, 3.05) is 5.88 Å². The minimum atomic E-state index is 0.181. The summed E-state index contributed by atoms with van der Waals surface area (Å²) in [4.78, 5) is 10.6. The van der Waals surface area contributed by atoms with Crippen LogP contribution in [0.1, 0.15) is 35.6 Å². The van der Waals surface area contributed by atoms with E-state index in [0.717, 1.165) is 34.7 Å². The third kappa shape index (κ3) is 2.70. The van der Waals surface area contributed by atoms with Crippen LogP contribution in [-0.4, -0.2) is 20.4 Å². The molecule has 0 N–H and O–H groups in total. The van der Waals surface area contributed by atoms with Crippen molar-refractivity contribution < 1.29 is 0 Å². The highest BCUT2D eigenvalue weighted by molar-refractivity contribution is 7.11. The molecule has 0 amide bonds. The Balaban J connectivity index is 2.10. The van der Waals surface area contributed by atoms with Gasteiger partial charge >= 0.3 is 0 Å². The Morgan fingerprint density at radius 1 is 1.33 bits per heavy atom. The van der Waals surface area contributed by atoms with Crippen LogP contribution in [0.5, 0.6) is 0 Å². The Bertz CT molecular complexity index is 747.